The van der Waals surface area contributed by atoms with Crippen molar-refractivity contribution in [2.75, 3.05) is 26.9 Å². The zero-order chi connectivity index (χ0) is 37.6. The third kappa shape index (κ3) is 7.77. The minimum absolute atomic E-state index is 0.00648. The Morgan fingerprint density at radius 3 is 2.50 bits per heavy atom. The first kappa shape index (κ1) is 40.1. The van der Waals surface area contributed by atoms with Crippen molar-refractivity contribution >= 4 is 39.6 Å². The van der Waals surface area contributed by atoms with Gasteiger partial charge in [-0.05, 0) is 37.2 Å². The summed E-state index contributed by atoms with van der Waals surface area (Å²) in [5.74, 6) is -3.71. The summed E-state index contributed by atoms with van der Waals surface area (Å²) in [6.45, 7) is 11.6. The van der Waals surface area contributed by atoms with E-state index in [-0.39, 0.29) is 54.1 Å². The van der Waals surface area contributed by atoms with Crippen LogP contribution in [0.15, 0.2) is 55.6 Å². The van der Waals surface area contributed by atoms with Crippen LogP contribution < -0.4 is 5.32 Å². The third-order valence-corrected chi connectivity index (χ3v) is 12.6. The number of hydrogen-bond acceptors (Lipinski definition) is 8. The predicted molar refractivity (Wildman–Crippen MR) is 200 cm³/mol. The number of fused-ring (bicyclic) bond motifs is 1. The molecule has 3 amide bonds. The smallest absolute Gasteiger partial charge is 0.313 e. The molecule has 286 valence electrons. The molecular weight excluding hydrogens is 730 g/mol. The van der Waals surface area contributed by atoms with Crippen molar-refractivity contribution < 1.29 is 38.5 Å². The van der Waals surface area contributed by atoms with Gasteiger partial charge in [-0.25, -0.2) is 0 Å². The quantitative estimate of drug-likeness (QED) is 0.122. The van der Waals surface area contributed by atoms with E-state index in [4.69, 9.17) is 14.2 Å². The number of carbonyl (C=O) groups excluding carboxylic acids is 4. The van der Waals surface area contributed by atoms with E-state index in [0.717, 1.165) is 32.1 Å². The average molecular weight is 787 g/mol. The first-order valence-corrected chi connectivity index (χ1v) is 19.8. The molecule has 5 rings (SSSR count). The normalized spacial score (nSPS) is 29.1. The Kier molecular flexibility index (Phi) is 13.8. The summed E-state index contributed by atoms with van der Waals surface area (Å²) in [6.07, 6.45) is 8.24. The molecule has 4 fully saturated rings. The lowest BCUT2D eigenvalue weighted by Gasteiger charge is -2.43. The van der Waals surface area contributed by atoms with E-state index in [0.29, 0.717) is 31.4 Å². The zero-order valence-corrected chi connectivity index (χ0v) is 32.4. The van der Waals surface area contributed by atoms with Gasteiger partial charge in [0.15, 0.2) is 0 Å². The molecule has 11 nitrogen and oxygen atoms in total. The van der Waals surface area contributed by atoms with Gasteiger partial charge in [-0.1, -0.05) is 97.9 Å². The Morgan fingerprint density at radius 2 is 1.88 bits per heavy atom. The zero-order valence-electron chi connectivity index (χ0n) is 30.8. The van der Waals surface area contributed by atoms with E-state index in [1.54, 1.807) is 17.1 Å². The van der Waals surface area contributed by atoms with E-state index < -0.39 is 53.7 Å². The minimum Gasteiger partial charge on any atom is -0.455 e. The van der Waals surface area contributed by atoms with Crippen LogP contribution in [0.2, 0.25) is 0 Å². The maximum Gasteiger partial charge on any atom is 0.313 e. The van der Waals surface area contributed by atoms with Crippen LogP contribution in [-0.4, -0.2) is 106 Å². The largest absolute Gasteiger partial charge is 0.455 e. The lowest BCUT2D eigenvalue weighted by atomic mass is 9.70. The van der Waals surface area contributed by atoms with Gasteiger partial charge in [-0.15, -0.1) is 13.2 Å². The number of carbonyl (C=O) groups is 4. The molecule has 1 aliphatic carbocycles. The number of nitrogens with one attached hydrogen (secondary N) is 1. The van der Waals surface area contributed by atoms with Gasteiger partial charge in [-0.2, -0.15) is 0 Å². The van der Waals surface area contributed by atoms with Gasteiger partial charge in [-0.3, -0.25) is 19.2 Å². The summed E-state index contributed by atoms with van der Waals surface area (Å²) >= 11 is 3.78. The molecule has 1 aromatic carbocycles. The van der Waals surface area contributed by atoms with E-state index in [1.807, 2.05) is 49.1 Å². The van der Waals surface area contributed by atoms with Gasteiger partial charge in [0.2, 0.25) is 17.7 Å². The van der Waals surface area contributed by atoms with Crippen molar-refractivity contribution in [1.82, 2.24) is 15.1 Å². The lowest BCUT2D eigenvalue weighted by Crippen LogP contribution is -2.61. The predicted octanol–water partition coefficient (Wildman–Crippen LogP) is 4.87. The van der Waals surface area contributed by atoms with Gasteiger partial charge in [0.25, 0.3) is 0 Å². The summed E-state index contributed by atoms with van der Waals surface area (Å²) in [5.41, 5.74) is -0.674. The number of nitrogens with zero attached hydrogens (tertiary/aromatic N) is 2. The first-order chi connectivity index (χ1) is 25.1. The van der Waals surface area contributed by atoms with Gasteiger partial charge >= 0.3 is 5.97 Å². The van der Waals surface area contributed by atoms with E-state index in [2.05, 4.69) is 34.4 Å². The highest BCUT2D eigenvalue weighted by atomic mass is 79.9. The van der Waals surface area contributed by atoms with Crippen molar-refractivity contribution in [3.05, 3.63) is 61.2 Å². The molecule has 1 saturated carbocycles. The fraction of sp³-hybridized carbons (Fsp3) is 0.650. The molecule has 52 heavy (non-hydrogen) atoms. The SMILES string of the molecule is C=CCCC(=O)N[C@H](COC)[C@H](OC(=O)[C@H]1[C@@H]2O[C@@]3(CC2Br)[C@@H]1C(=O)N([C@@H](CO)[C@@H](C)CC)[C@@H]3C(=O)N(CC=C)C1CCCCC1)c1ccccc1. The van der Waals surface area contributed by atoms with Crippen LogP contribution in [0.3, 0.4) is 0 Å². The second kappa shape index (κ2) is 17.8. The Labute approximate surface area is 316 Å². The van der Waals surface area contributed by atoms with Crippen molar-refractivity contribution in [3.63, 3.8) is 0 Å². The van der Waals surface area contributed by atoms with Crippen molar-refractivity contribution in [2.24, 2.45) is 17.8 Å². The summed E-state index contributed by atoms with van der Waals surface area (Å²) in [7, 11) is 1.51. The lowest BCUT2D eigenvalue weighted by molar-refractivity contribution is -0.164. The number of methoxy groups -OCH3 is 1. The molecular formula is C40H56BrN3O8. The fourth-order valence-electron chi connectivity index (χ4n) is 9.02. The highest BCUT2D eigenvalue weighted by molar-refractivity contribution is 9.09. The van der Waals surface area contributed by atoms with Crippen molar-refractivity contribution in [3.8, 4) is 0 Å². The van der Waals surface area contributed by atoms with Crippen LogP contribution in [0.25, 0.3) is 0 Å². The fourth-order valence-corrected chi connectivity index (χ4v) is 9.96. The number of halogens is 1. The van der Waals surface area contributed by atoms with Crippen molar-refractivity contribution in [2.45, 2.75) is 118 Å². The number of aliphatic hydroxyl groups is 1. The topological polar surface area (TPSA) is 135 Å². The van der Waals surface area contributed by atoms with Gasteiger partial charge in [0, 0.05) is 30.9 Å². The molecule has 4 aliphatic rings. The number of alkyl halides is 1. The number of esters is 1. The third-order valence-electron chi connectivity index (χ3n) is 11.7. The number of rotatable bonds is 18. The molecule has 3 saturated heterocycles. The Morgan fingerprint density at radius 1 is 1.17 bits per heavy atom. The maximum atomic E-state index is 15.1. The second-order valence-electron chi connectivity index (χ2n) is 14.8. The Hall–Kier alpha value is -3.06. The van der Waals surface area contributed by atoms with Gasteiger partial charge in [0.05, 0.1) is 43.2 Å². The first-order valence-electron chi connectivity index (χ1n) is 18.9. The maximum absolute atomic E-state index is 15.1. The van der Waals surface area contributed by atoms with Crippen LogP contribution in [0.4, 0.5) is 0 Å². The monoisotopic (exact) mass is 785 g/mol. The number of likely N-dealkylation sites (tertiary alicyclic amines) is 1. The van der Waals surface area contributed by atoms with Crippen LogP contribution in [0, 0.1) is 17.8 Å². The highest BCUT2D eigenvalue weighted by Gasteiger charge is 2.78. The van der Waals surface area contributed by atoms with Crippen LogP contribution in [-0.2, 0) is 33.4 Å². The molecule has 2 N–H and O–H groups in total. The molecule has 1 spiro atoms. The van der Waals surface area contributed by atoms with E-state index >= 15 is 4.79 Å². The van der Waals surface area contributed by atoms with E-state index in [1.165, 1.54) is 7.11 Å². The second-order valence-corrected chi connectivity index (χ2v) is 16.0. The van der Waals surface area contributed by atoms with E-state index in [9.17, 15) is 19.5 Å². The standard InChI is InChI=1S/C40H56BrN3O8/c1-6-9-20-31(46)42-29(24-50-5)34(26-16-12-10-13-17-26)51-39(49)32-33-37(47)44(30(23-45)25(4)8-3)36(40(33)22-28(41)35(32)52-40)38(48)43(21-7-2)27-18-14-11-15-19-27/h6-7,10,12-13,16-17,25,27-30,32-36,45H,1-2,8-9,11,14-15,18-24H2,3-5H3,(H,42,46)/t25-,28?,29+,30-,32+,33-,34+,35+,36+,40-/m0/s1. The van der Waals surface area contributed by atoms with Gasteiger partial charge < -0.3 is 34.4 Å². The molecule has 0 aromatic heterocycles. The summed E-state index contributed by atoms with van der Waals surface area (Å²) < 4.78 is 18.7. The average Bonchev–Trinajstić information content (AvgIpc) is 3.75. The molecule has 1 aromatic rings. The van der Waals surface area contributed by atoms with Crippen LogP contribution >= 0.6 is 15.9 Å². The van der Waals surface area contributed by atoms with Gasteiger partial charge in [0.1, 0.15) is 17.7 Å². The number of amides is 3. The molecule has 10 atom stereocenters. The number of allylic oxidation sites excluding steroid dienone is 1. The number of benzene rings is 1. The van der Waals surface area contributed by atoms with Crippen molar-refractivity contribution in [1.29, 1.82) is 0 Å². The Balaban J connectivity index is 1.55. The minimum atomic E-state index is -1.32. The Bertz CT molecular complexity index is 1440. The van der Waals surface area contributed by atoms with Crippen LogP contribution in [0.1, 0.15) is 83.3 Å². The molecule has 3 aliphatic heterocycles. The molecule has 3 heterocycles. The summed E-state index contributed by atoms with van der Waals surface area (Å²) in [5, 5.41) is 13.8. The number of hydrogen-bond donors (Lipinski definition) is 2. The summed E-state index contributed by atoms with van der Waals surface area (Å²) in [4.78, 5) is 60.7. The summed E-state index contributed by atoms with van der Waals surface area (Å²) in [6, 6.07) is 6.68. The number of ether oxygens (including phenoxy) is 3. The molecule has 12 heteroatoms. The van der Waals surface area contributed by atoms with Crippen LogP contribution in [0.5, 0.6) is 0 Å². The number of aliphatic hydroxyl groups excluding tert-OH is 1. The molecule has 1 unspecified atom stereocenters. The molecule has 2 bridgehead atoms. The molecule has 0 radical (unpaired) electrons. The highest BCUT2D eigenvalue weighted by Crippen LogP contribution is 2.61.